The number of hydrogen-bond donors (Lipinski definition) is 3. The van der Waals surface area contributed by atoms with Crippen LogP contribution in [0, 0.1) is 0 Å². The Morgan fingerprint density at radius 2 is 2.12 bits per heavy atom. The molecular formula is C14H20ClN5O4S. The van der Waals surface area contributed by atoms with Crippen molar-refractivity contribution in [1.82, 2.24) is 25.0 Å². The van der Waals surface area contributed by atoms with Gasteiger partial charge in [-0.15, -0.1) is 5.10 Å². The summed E-state index contributed by atoms with van der Waals surface area (Å²) in [6.07, 6.45) is -1.48. The maximum absolute atomic E-state index is 10.4. The Balaban J connectivity index is 1.91. The molecule has 1 unspecified atom stereocenters. The molecule has 0 spiro atoms. The molecule has 1 aliphatic carbocycles. The quantitative estimate of drug-likeness (QED) is 0.350. The minimum Gasteiger partial charge on any atom is -0.394 e. The summed E-state index contributed by atoms with van der Waals surface area (Å²) in [7, 11) is 0. The molecule has 0 amide bonds. The summed E-state index contributed by atoms with van der Waals surface area (Å²) in [6, 6.07) is -0.557. The van der Waals surface area contributed by atoms with Gasteiger partial charge in [-0.2, -0.15) is 0 Å². The van der Waals surface area contributed by atoms with Crippen molar-refractivity contribution in [2.75, 3.05) is 19.0 Å². The van der Waals surface area contributed by atoms with E-state index in [-0.39, 0.29) is 18.4 Å². The number of rotatable bonds is 7. The highest BCUT2D eigenvalue weighted by Crippen LogP contribution is 2.34. The lowest BCUT2D eigenvalue weighted by Gasteiger charge is -2.17. The fourth-order valence-corrected chi connectivity index (χ4v) is 3.79. The van der Waals surface area contributed by atoms with Crippen LogP contribution in [0.2, 0.25) is 5.15 Å². The first-order valence-electron chi connectivity index (χ1n) is 8.06. The normalized spacial score (nSPS) is 26.6. The van der Waals surface area contributed by atoms with Crippen LogP contribution in [0.1, 0.15) is 25.8 Å². The summed E-state index contributed by atoms with van der Waals surface area (Å²) < 4.78 is 6.86. The van der Waals surface area contributed by atoms with E-state index in [9.17, 15) is 10.2 Å². The predicted octanol–water partition coefficient (Wildman–Crippen LogP) is 0.421. The van der Waals surface area contributed by atoms with Gasteiger partial charge in [-0.25, -0.2) is 14.6 Å². The van der Waals surface area contributed by atoms with Gasteiger partial charge >= 0.3 is 0 Å². The maximum atomic E-state index is 10.4. The minimum atomic E-state index is -1.09. The summed E-state index contributed by atoms with van der Waals surface area (Å²) in [6.45, 7) is 1.99. The topological polar surface area (TPSA) is 126 Å². The van der Waals surface area contributed by atoms with Gasteiger partial charge in [0.1, 0.15) is 12.2 Å². The van der Waals surface area contributed by atoms with Gasteiger partial charge in [-0.05, 0) is 6.42 Å². The molecule has 138 valence electrons. The van der Waals surface area contributed by atoms with Crippen molar-refractivity contribution >= 4 is 34.5 Å². The maximum Gasteiger partial charge on any atom is 0.191 e. The third-order valence-corrected chi connectivity index (χ3v) is 5.35. The van der Waals surface area contributed by atoms with Gasteiger partial charge in [0.05, 0.1) is 25.4 Å². The van der Waals surface area contributed by atoms with E-state index in [4.69, 9.17) is 21.4 Å². The van der Waals surface area contributed by atoms with Gasteiger partial charge in [0.25, 0.3) is 0 Å². The summed E-state index contributed by atoms with van der Waals surface area (Å²) >= 11 is 7.66. The lowest BCUT2D eigenvalue weighted by molar-refractivity contribution is -0.0629. The fourth-order valence-electron chi connectivity index (χ4n) is 2.84. The Labute approximate surface area is 153 Å². The molecule has 3 N–H and O–H groups in total. The van der Waals surface area contributed by atoms with Gasteiger partial charge in [-0.3, -0.25) is 0 Å². The van der Waals surface area contributed by atoms with Crippen LogP contribution in [0.25, 0.3) is 11.2 Å². The van der Waals surface area contributed by atoms with Crippen LogP contribution in [-0.4, -0.2) is 77.6 Å². The SMILES string of the molecule is CCCSc1nc(Cl)c2nnn([C@@H]3C[C@H](OCCO)[C@@H](O)C3O)c2n1. The number of aliphatic hydroxyl groups excluding tert-OH is 3. The van der Waals surface area contributed by atoms with Crippen molar-refractivity contribution in [3.63, 3.8) is 0 Å². The largest absolute Gasteiger partial charge is 0.394 e. The molecule has 1 aliphatic rings. The molecule has 2 aromatic heterocycles. The van der Waals surface area contributed by atoms with E-state index < -0.39 is 24.4 Å². The van der Waals surface area contributed by atoms with Crippen molar-refractivity contribution in [3.05, 3.63) is 5.15 Å². The number of fused-ring (bicyclic) bond motifs is 1. The van der Waals surface area contributed by atoms with E-state index in [1.165, 1.54) is 16.4 Å². The molecule has 2 heterocycles. The lowest BCUT2D eigenvalue weighted by Crippen LogP contribution is -2.33. The van der Waals surface area contributed by atoms with Crippen molar-refractivity contribution in [2.24, 2.45) is 0 Å². The van der Waals surface area contributed by atoms with E-state index in [1.807, 2.05) is 0 Å². The number of ether oxygens (including phenoxy) is 1. The summed E-state index contributed by atoms with van der Waals surface area (Å²) in [5, 5.41) is 38.2. The van der Waals surface area contributed by atoms with Crippen molar-refractivity contribution in [1.29, 1.82) is 0 Å². The number of aliphatic hydroxyl groups is 3. The number of nitrogens with zero attached hydrogens (tertiary/aromatic N) is 5. The van der Waals surface area contributed by atoms with Crippen LogP contribution in [0.3, 0.4) is 0 Å². The second-order valence-electron chi connectivity index (χ2n) is 5.77. The van der Waals surface area contributed by atoms with E-state index >= 15 is 0 Å². The molecule has 4 atom stereocenters. The first-order chi connectivity index (χ1) is 12.1. The Morgan fingerprint density at radius 1 is 1.32 bits per heavy atom. The zero-order valence-corrected chi connectivity index (χ0v) is 15.2. The smallest absolute Gasteiger partial charge is 0.191 e. The average Bonchev–Trinajstić information content (AvgIpc) is 3.14. The standard InChI is InChI=1S/C14H20ClN5O4S/c1-2-5-25-14-16-12(15)9-13(17-14)20(19-18-9)7-6-8(24-4-3-21)11(23)10(7)22/h7-8,10-11,21-23H,2-6H2,1H3/t7-,8+,10?,11-/m1/s1. The third-order valence-electron chi connectivity index (χ3n) is 4.03. The highest BCUT2D eigenvalue weighted by Gasteiger charge is 2.44. The molecule has 0 bridgehead atoms. The van der Waals surface area contributed by atoms with Gasteiger partial charge in [0.2, 0.25) is 0 Å². The molecule has 0 saturated heterocycles. The number of halogens is 1. The Bertz CT molecular complexity index is 733. The van der Waals surface area contributed by atoms with Crippen LogP contribution in [0.4, 0.5) is 0 Å². The summed E-state index contributed by atoms with van der Waals surface area (Å²) in [4.78, 5) is 8.66. The summed E-state index contributed by atoms with van der Waals surface area (Å²) in [5.74, 6) is 0.852. The molecule has 9 nitrogen and oxygen atoms in total. The molecule has 11 heteroatoms. The molecule has 1 fully saturated rings. The second kappa shape index (κ2) is 8.11. The lowest BCUT2D eigenvalue weighted by atomic mass is 10.2. The van der Waals surface area contributed by atoms with Crippen molar-refractivity contribution in [3.8, 4) is 0 Å². The Hall–Kier alpha value is -1.04. The molecule has 0 radical (unpaired) electrons. The highest BCUT2D eigenvalue weighted by molar-refractivity contribution is 7.99. The number of thioether (sulfide) groups is 1. The molecule has 1 saturated carbocycles. The molecule has 25 heavy (non-hydrogen) atoms. The third kappa shape index (κ3) is 3.74. The Morgan fingerprint density at radius 3 is 2.84 bits per heavy atom. The number of aromatic nitrogens is 5. The van der Waals surface area contributed by atoms with Crippen LogP contribution in [0.5, 0.6) is 0 Å². The van der Waals surface area contributed by atoms with E-state index in [0.29, 0.717) is 22.7 Å². The van der Waals surface area contributed by atoms with Gasteiger partial charge < -0.3 is 20.1 Å². The van der Waals surface area contributed by atoms with Crippen LogP contribution < -0.4 is 0 Å². The van der Waals surface area contributed by atoms with E-state index in [1.54, 1.807) is 0 Å². The van der Waals surface area contributed by atoms with Crippen molar-refractivity contribution < 1.29 is 20.1 Å². The summed E-state index contributed by atoms with van der Waals surface area (Å²) in [5.41, 5.74) is 0.765. The molecule has 2 aromatic rings. The molecule has 3 rings (SSSR count). The highest BCUT2D eigenvalue weighted by atomic mass is 35.5. The number of hydrogen-bond acceptors (Lipinski definition) is 9. The molecule has 0 aromatic carbocycles. The van der Waals surface area contributed by atoms with Gasteiger partial charge in [-0.1, -0.05) is 35.5 Å². The zero-order valence-electron chi connectivity index (χ0n) is 13.6. The second-order valence-corrected chi connectivity index (χ2v) is 7.19. The first-order valence-corrected chi connectivity index (χ1v) is 9.43. The monoisotopic (exact) mass is 389 g/mol. The molecular weight excluding hydrogens is 370 g/mol. The molecule has 0 aliphatic heterocycles. The van der Waals surface area contributed by atoms with Gasteiger partial charge in [0.15, 0.2) is 21.5 Å². The predicted molar refractivity (Wildman–Crippen MR) is 91.6 cm³/mol. The average molecular weight is 390 g/mol. The fraction of sp³-hybridized carbons (Fsp3) is 0.714. The Kier molecular flexibility index (Phi) is 6.08. The van der Waals surface area contributed by atoms with Crippen molar-refractivity contribution in [2.45, 2.75) is 49.3 Å². The van der Waals surface area contributed by atoms with Crippen LogP contribution >= 0.6 is 23.4 Å². The zero-order chi connectivity index (χ0) is 18.0. The van der Waals surface area contributed by atoms with Crippen LogP contribution in [0.15, 0.2) is 5.16 Å². The minimum absolute atomic E-state index is 0.0884. The van der Waals surface area contributed by atoms with E-state index in [2.05, 4.69) is 27.2 Å². The first kappa shape index (κ1) is 18.7. The van der Waals surface area contributed by atoms with E-state index in [0.717, 1.165) is 12.2 Å². The van der Waals surface area contributed by atoms with Crippen LogP contribution in [-0.2, 0) is 4.74 Å². The van der Waals surface area contributed by atoms with Gasteiger partial charge in [0, 0.05) is 12.2 Å².